The fourth-order valence-electron chi connectivity index (χ4n) is 3.34. The Bertz CT molecular complexity index is 480. The molecule has 0 aliphatic carbocycles. The van der Waals surface area contributed by atoms with Crippen molar-refractivity contribution in [3.63, 3.8) is 0 Å². The Morgan fingerprint density at radius 3 is 2.81 bits per heavy atom. The molecule has 21 heavy (non-hydrogen) atoms. The van der Waals surface area contributed by atoms with Crippen molar-refractivity contribution in [1.29, 1.82) is 0 Å². The lowest BCUT2D eigenvalue weighted by Gasteiger charge is -2.44. The van der Waals surface area contributed by atoms with E-state index in [1.54, 1.807) is 19.1 Å². The number of hydrogen-bond donors (Lipinski definition) is 2. The third-order valence-corrected chi connectivity index (χ3v) is 4.79. The molecule has 1 aromatic rings. The summed E-state index contributed by atoms with van der Waals surface area (Å²) in [7, 11) is 0. The normalized spacial score (nSPS) is 27.0. The average Bonchev–Trinajstić information content (AvgIpc) is 2.47. The summed E-state index contributed by atoms with van der Waals surface area (Å²) in [4.78, 5) is 2.08. The van der Waals surface area contributed by atoms with Crippen LogP contribution >= 0.6 is 0 Å². The summed E-state index contributed by atoms with van der Waals surface area (Å²) in [5, 5.41) is 20.1. The van der Waals surface area contributed by atoms with E-state index < -0.39 is 6.10 Å². The van der Waals surface area contributed by atoms with Crippen LogP contribution in [-0.2, 0) is 6.54 Å². The predicted molar refractivity (Wildman–Crippen MR) is 81.5 cm³/mol. The lowest BCUT2D eigenvalue weighted by Crippen LogP contribution is -2.52. The van der Waals surface area contributed by atoms with Crippen LogP contribution in [0.2, 0.25) is 0 Å². The van der Waals surface area contributed by atoms with E-state index in [0.717, 1.165) is 25.8 Å². The monoisotopic (exact) mass is 295 g/mol. The number of nitrogens with zero attached hydrogens (tertiary/aromatic N) is 1. The molecule has 4 heteroatoms. The standard InChI is InChI=1S/C17H26FNO2/c1-3-7-17(12-20)8-9-19(11-15(17)21)10-14-6-4-5-13(2)16(14)18/h4-6,15,20-21H,3,7-12H2,1-2H3/t15-,17-/m1/s1. The fraction of sp³-hybridized carbons (Fsp3) is 0.647. The summed E-state index contributed by atoms with van der Waals surface area (Å²) >= 11 is 0. The molecular formula is C17H26FNO2. The van der Waals surface area contributed by atoms with Gasteiger partial charge in [0.1, 0.15) is 5.82 Å². The molecule has 1 aromatic carbocycles. The first kappa shape index (κ1) is 16.4. The highest BCUT2D eigenvalue weighted by Gasteiger charge is 2.41. The van der Waals surface area contributed by atoms with Crippen LogP contribution in [0.3, 0.4) is 0 Å². The minimum absolute atomic E-state index is 0.0225. The van der Waals surface area contributed by atoms with Crippen molar-refractivity contribution < 1.29 is 14.6 Å². The first-order chi connectivity index (χ1) is 10.0. The SMILES string of the molecule is CCC[C@]1(CO)CCN(Cc2cccc(C)c2F)C[C@H]1O. The van der Waals surface area contributed by atoms with E-state index in [2.05, 4.69) is 11.8 Å². The number of likely N-dealkylation sites (tertiary alicyclic amines) is 1. The van der Waals surface area contributed by atoms with E-state index in [0.29, 0.717) is 24.2 Å². The minimum atomic E-state index is -0.552. The smallest absolute Gasteiger partial charge is 0.130 e. The molecule has 118 valence electrons. The number of benzene rings is 1. The summed E-state index contributed by atoms with van der Waals surface area (Å²) in [6.45, 7) is 5.65. The summed E-state index contributed by atoms with van der Waals surface area (Å²) < 4.78 is 14.1. The van der Waals surface area contributed by atoms with E-state index in [9.17, 15) is 14.6 Å². The van der Waals surface area contributed by atoms with Crippen molar-refractivity contribution in [2.45, 2.75) is 45.8 Å². The van der Waals surface area contributed by atoms with Gasteiger partial charge in [0.15, 0.2) is 0 Å². The zero-order valence-electron chi connectivity index (χ0n) is 13.0. The maximum atomic E-state index is 14.1. The Morgan fingerprint density at radius 1 is 1.43 bits per heavy atom. The quantitative estimate of drug-likeness (QED) is 0.877. The van der Waals surface area contributed by atoms with Crippen LogP contribution in [0.5, 0.6) is 0 Å². The van der Waals surface area contributed by atoms with Gasteiger partial charge in [-0.15, -0.1) is 0 Å². The molecule has 1 saturated heterocycles. The second-order valence-electron chi connectivity index (χ2n) is 6.32. The van der Waals surface area contributed by atoms with Crippen LogP contribution < -0.4 is 0 Å². The van der Waals surface area contributed by atoms with Gasteiger partial charge >= 0.3 is 0 Å². The number of aliphatic hydroxyl groups excluding tert-OH is 2. The van der Waals surface area contributed by atoms with E-state index >= 15 is 0 Å². The van der Waals surface area contributed by atoms with Crippen molar-refractivity contribution in [1.82, 2.24) is 4.90 Å². The third kappa shape index (κ3) is 3.44. The molecule has 0 amide bonds. The summed E-state index contributed by atoms with van der Waals surface area (Å²) in [6.07, 6.45) is 1.98. The molecule has 1 aliphatic heterocycles. The van der Waals surface area contributed by atoms with Gasteiger partial charge in [-0.05, 0) is 31.9 Å². The molecule has 0 radical (unpaired) electrons. The zero-order chi connectivity index (χ0) is 15.5. The van der Waals surface area contributed by atoms with Crippen LogP contribution in [0.4, 0.5) is 4.39 Å². The number of hydrogen-bond acceptors (Lipinski definition) is 3. The van der Waals surface area contributed by atoms with Crippen LogP contribution in [0.15, 0.2) is 18.2 Å². The highest BCUT2D eigenvalue weighted by molar-refractivity contribution is 5.24. The molecule has 0 spiro atoms. The van der Waals surface area contributed by atoms with Gasteiger partial charge in [0.25, 0.3) is 0 Å². The molecule has 0 saturated carbocycles. The molecule has 0 aromatic heterocycles. The second-order valence-corrected chi connectivity index (χ2v) is 6.32. The summed E-state index contributed by atoms with van der Waals surface area (Å²) in [5.41, 5.74) is 0.950. The molecule has 0 bridgehead atoms. The number of piperidine rings is 1. The van der Waals surface area contributed by atoms with Gasteiger partial charge in [-0.25, -0.2) is 4.39 Å². The minimum Gasteiger partial charge on any atom is -0.396 e. The molecule has 0 unspecified atom stereocenters. The third-order valence-electron chi connectivity index (χ3n) is 4.79. The number of rotatable bonds is 5. The molecule has 1 fully saturated rings. The van der Waals surface area contributed by atoms with Crippen LogP contribution in [0, 0.1) is 18.2 Å². The van der Waals surface area contributed by atoms with Crippen molar-refractivity contribution in [2.75, 3.05) is 19.7 Å². The maximum absolute atomic E-state index is 14.1. The summed E-state index contributed by atoms with van der Waals surface area (Å²) in [5.74, 6) is -0.153. The predicted octanol–water partition coefficient (Wildman–Crippen LogP) is 2.48. The van der Waals surface area contributed by atoms with Gasteiger partial charge in [-0.3, -0.25) is 4.90 Å². The molecule has 1 heterocycles. The lowest BCUT2D eigenvalue weighted by atomic mass is 9.73. The number of β-amino-alcohol motifs (C(OH)–C–C–N with tert-alkyl or cyclic N) is 1. The van der Waals surface area contributed by atoms with E-state index in [1.165, 1.54) is 0 Å². The number of aliphatic hydroxyl groups is 2. The fourth-order valence-corrected chi connectivity index (χ4v) is 3.34. The number of aryl methyl sites for hydroxylation is 1. The van der Waals surface area contributed by atoms with Crippen molar-refractivity contribution in [3.8, 4) is 0 Å². The lowest BCUT2D eigenvalue weighted by molar-refractivity contribution is -0.0804. The van der Waals surface area contributed by atoms with Crippen LogP contribution in [0.25, 0.3) is 0 Å². The molecule has 3 nitrogen and oxygen atoms in total. The van der Waals surface area contributed by atoms with Gasteiger partial charge in [0.05, 0.1) is 12.7 Å². The maximum Gasteiger partial charge on any atom is 0.130 e. The Balaban J connectivity index is 2.04. The Morgan fingerprint density at radius 2 is 2.19 bits per heavy atom. The molecule has 2 rings (SSSR count). The molecule has 1 aliphatic rings. The van der Waals surface area contributed by atoms with E-state index in [-0.39, 0.29) is 17.8 Å². The zero-order valence-corrected chi connectivity index (χ0v) is 13.0. The van der Waals surface area contributed by atoms with Gasteiger partial charge in [0, 0.05) is 24.1 Å². The van der Waals surface area contributed by atoms with Gasteiger partial charge < -0.3 is 10.2 Å². The van der Waals surface area contributed by atoms with E-state index in [1.807, 2.05) is 6.07 Å². The van der Waals surface area contributed by atoms with Gasteiger partial charge in [-0.2, -0.15) is 0 Å². The van der Waals surface area contributed by atoms with Crippen LogP contribution in [0.1, 0.15) is 37.3 Å². The molecule has 2 N–H and O–H groups in total. The first-order valence-electron chi connectivity index (χ1n) is 7.77. The summed E-state index contributed by atoms with van der Waals surface area (Å²) in [6, 6.07) is 5.43. The Labute approximate surface area is 126 Å². The van der Waals surface area contributed by atoms with Gasteiger partial charge in [-0.1, -0.05) is 31.5 Å². The first-order valence-corrected chi connectivity index (χ1v) is 7.77. The second kappa shape index (κ2) is 6.86. The van der Waals surface area contributed by atoms with Crippen LogP contribution in [-0.4, -0.2) is 40.9 Å². The average molecular weight is 295 g/mol. The van der Waals surface area contributed by atoms with E-state index in [4.69, 9.17) is 0 Å². The highest BCUT2D eigenvalue weighted by atomic mass is 19.1. The Hall–Kier alpha value is -0.970. The van der Waals surface area contributed by atoms with Crippen molar-refractivity contribution in [2.24, 2.45) is 5.41 Å². The number of halogens is 1. The molecule has 2 atom stereocenters. The topological polar surface area (TPSA) is 43.7 Å². The molecular weight excluding hydrogens is 269 g/mol. The largest absolute Gasteiger partial charge is 0.396 e. The highest BCUT2D eigenvalue weighted by Crippen LogP contribution is 2.36. The van der Waals surface area contributed by atoms with Gasteiger partial charge in [0.2, 0.25) is 0 Å². The Kier molecular flexibility index (Phi) is 5.36. The van der Waals surface area contributed by atoms with Crippen molar-refractivity contribution >= 4 is 0 Å². The van der Waals surface area contributed by atoms with Crippen molar-refractivity contribution in [3.05, 3.63) is 35.1 Å².